The highest BCUT2D eigenvalue weighted by molar-refractivity contribution is 5.21. The fraction of sp³-hybridized carbons (Fsp3) is 0.467. The zero-order chi connectivity index (χ0) is 15.0. The van der Waals surface area contributed by atoms with Gasteiger partial charge in [0.1, 0.15) is 5.82 Å². The molecule has 4 nitrogen and oxygen atoms in total. The average molecular weight is 277 g/mol. The molecule has 0 aliphatic rings. The largest absolute Gasteiger partial charge is 0.339 e. The maximum Gasteiger partial charge on any atom is 0.232 e. The van der Waals surface area contributed by atoms with Crippen molar-refractivity contribution < 1.29 is 8.91 Å². The van der Waals surface area contributed by atoms with Crippen LogP contribution in [0.1, 0.15) is 45.0 Å². The number of rotatable bonds is 3. The first-order valence-corrected chi connectivity index (χ1v) is 6.57. The lowest BCUT2D eigenvalue weighted by atomic mass is 9.92. The Balaban J connectivity index is 2.27. The lowest BCUT2D eigenvalue weighted by molar-refractivity contribution is 0.311. The highest BCUT2D eigenvalue weighted by atomic mass is 19.1. The van der Waals surface area contributed by atoms with Gasteiger partial charge in [-0.15, -0.1) is 0 Å². The number of hydrogen-bond donors (Lipinski definition) is 1. The van der Waals surface area contributed by atoms with Crippen LogP contribution in [-0.4, -0.2) is 10.1 Å². The van der Waals surface area contributed by atoms with E-state index in [0.717, 1.165) is 0 Å². The summed E-state index contributed by atoms with van der Waals surface area (Å²) in [6.45, 7) is 7.72. The van der Waals surface area contributed by atoms with Crippen LogP contribution in [0.4, 0.5) is 4.39 Å². The molecule has 0 spiro atoms. The zero-order valence-electron chi connectivity index (χ0n) is 12.3. The Bertz CT molecular complexity index is 599. The number of hydrogen-bond acceptors (Lipinski definition) is 4. The molecule has 2 rings (SSSR count). The predicted octanol–water partition coefficient (Wildman–Crippen LogP) is 2.92. The first kappa shape index (κ1) is 14.7. The Morgan fingerprint density at radius 2 is 1.85 bits per heavy atom. The lowest BCUT2D eigenvalue weighted by Crippen LogP contribution is -2.37. The Labute approximate surface area is 118 Å². The molecule has 0 aliphatic heterocycles. The maximum atomic E-state index is 13.7. The van der Waals surface area contributed by atoms with Gasteiger partial charge in [-0.25, -0.2) is 4.39 Å². The lowest BCUT2D eigenvalue weighted by Gasteiger charge is -2.21. The van der Waals surface area contributed by atoms with Crippen molar-refractivity contribution in [3.8, 4) is 0 Å². The van der Waals surface area contributed by atoms with E-state index in [1.807, 2.05) is 20.8 Å². The molecule has 1 unspecified atom stereocenters. The number of halogens is 1. The quantitative estimate of drug-likeness (QED) is 0.936. The van der Waals surface area contributed by atoms with Gasteiger partial charge in [0.25, 0.3) is 0 Å². The van der Waals surface area contributed by atoms with Gasteiger partial charge in [0.15, 0.2) is 5.82 Å². The van der Waals surface area contributed by atoms with Gasteiger partial charge in [0, 0.05) is 11.8 Å². The van der Waals surface area contributed by atoms with Gasteiger partial charge < -0.3 is 10.3 Å². The molecular weight excluding hydrogens is 257 g/mol. The SMILES string of the molecule is CC(C)(C)c1nc(C(C)(N)Cc2ccccc2F)no1. The monoisotopic (exact) mass is 277 g/mol. The zero-order valence-corrected chi connectivity index (χ0v) is 12.3. The van der Waals surface area contributed by atoms with E-state index in [0.29, 0.717) is 23.7 Å². The predicted molar refractivity (Wildman–Crippen MR) is 74.6 cm³/mol. The number of nitrogens with zero attached hydrogens (tertiary/aromatic N) is 2. The van der Waals surface area contributed by atoms with E-state index in [2.05, 4.69) is 10.1 Å². The normalized spacial score (nSPS) is 15.1. The third-order valence-corrected chi connectivity index (χ3v) is 3.09. The molecule has 0 amide bonds. The summed E-state index contributed by atoms with van der Waals surface area (Å²) >= 11 is 0. The standard InChI is InChI=1S/C15H20FN3O/c1-14(2,3)13-18-12(19-20-13)15(4,17)9-10-7-5-6-8-11(10)16/h5-8H,9,17H2,1-4H3. The molecule has 0 fully saturated rings. The molecule has 108 valence electrons. The van der Waals surface area contributed by atoms with Crippen molar-refractivity contribution in [1.29, 1.82) is 0 Å². The molecule has 5 heteroatoms. The number of benzene rings is 1. The summed E-state index contributed by atoms with van der Waals surface area (Å²) in [5, 5.41) is 3.95. The molecule has 0 saturated heterocycles. The fourth-order valence-corrected chi connectivity index (χ4v) is 1.88. The Hall–Kier alpha value is -1.75. The summed E-state index contributed by atoms with van der Waals surface area (Å²) in [5.41, 5.74) is 5.67. The Morgan fingerprint density at radius 3 is 2.40 bits per heavy atom. The van der Waals surface area contributed by atoms with E-state index in [1.54, 1.807) is 25.1 Å². The van der Waals surface area contributed by atoms with Crippen LogP contribution in [0.2, 0.25) is 0 Å². The third kappa shape index (κ3) is 3.04. The van der Waals surface area contributed by atoms with Gasteiger partial charge in [-0.1, -0.05) is 44.1 Å². The first-order valence-electron chi connectivity index (χ1n) is 6.57. The van der Waals surface area contributed by atoms with E-state index < -0.39 is 5.54 Å². The third-order valence-electron chi connectivity index (χ3n) is 3.09. The van der Waals surface area contributed by atoms with E-state index >= 15 is 0 Å². The second-order valence-corrected chi connectivity index (χ2v) is 6.36. The van der Waals surface area contributed by atoms with E-state index in [9.17, 15) is 4.39 Å². The maximum absolute atomic E-state index is 13.7. The molecule has 0 saturated carbocycles. The summed E-state index contributed by atoms with van der Waals surface area (Å²) < 4.78 is 19.0. The highest BCUT2D eigenvalue weighted by Crippen LogP contribution is 2.25. The van der Waals surface area contributed by atoms with E-state index in [-0.39, 0.29) is 11.2 Å². The van der Waals surface area contributed by atoms with Crippen molar-refractivity contribution in [2.75, 3.05) is 0 Å². The van der Waals surface area contributed by atoms with Crippen LogP contribution in [0.3, 0.4) is 0 Å². The molecule has 0 aliphatic carbocycles. The minimum atomic E-state index is -0.880. The number of aromatic nitrogens is 2. The second-order valence-electron chi connectivity index (χ2n) is 6.36. The van der Waals surface area contributed by atoms with Crippen LogP contribution in [0.25, 0.3) is 0 Å². The average Bonchev–Trinajstić information content (AvgIpc) is 2.81. The summed E-state index contributed by atoms with van der Waals surface area (Å²) in [7, 11) is 0. The number of nitrogens with two attached hydrogens (primary N) is 1. The van der Waals surface area contributed by atoms with Crippen LogP contribution in [0.5, 0.6) is 0 Å². The van der Waals surface area contributed by atoms with Crippen molar-refractivity contribution in [2.24, 2.45) is 5.73 Å². The van der Waals surface area contributed by atoms with Gasteiger partial charge in [-0.05, 0) is 18.6 Å². The van der Waals surface area contributed by atoms with Crippen molar-refractivity contribution in [1.82, 2.24) is 10.1 Å². The molecule has 1 aromatic carbocycles. The highest BCUT2D eigenvalue weighted by Gasteiger charge is 2.31. The minimum Gasteiger partial charge on any atom is -0.339 e. The van der Waals surface area contributed by atoms with Crippen molar-refractivity contribution >= 4 is 0 Å². The molecule has 0 bridgehead atoms. The van der Waals surface area contributed by atoms with Crippen LogP contribution in [-0.2, 0) is 17.4 Å². The van der Waals surface area contributed by atoms with Gasteiger partial charge in [0.2, 0.25) is 5.89 Å². The molecule has 1 heterocycles. The summed E-state index contributed by atoms with van der Waals surface area (Å²) in [6.07, 6.45) is 0.308. The van der Waals surface area contributed by atoms with E-state index in [4.69, 9.17) is 10.3 Å². The van der Waals surface area contributed by atoms with Crippen molar-refractivity contribution in [3.63, 3.8) is 0 Å². The molecule has 1 aromatic heterocycles. The van der Waals surface area contributed by atoms with Gasteiger partial charge in [-0.2, -0.15) is 4.98 Å². The fourth-order valence-electron chi connectivity index (χ4n) is 1.88. The molecule has 0 radical (unpaired) electrons. The Morgan fingerprint density at radius 1 is 1.20 bits per heavy atom. The van der Waals surface area contributed by atoms with Crippen LogP contribution >= 0.6 is 0 Å². The van der Waals surface area contributed by atoms with Crippen LogP contribution < -0.4 is 5.73 Å². The van der Waals surface area contributed by atoms with Crippen molar-refractivity contribution in [2.45, 2.75) is 45.1 Å². The topological polar surface area (TPSA) is 64.9 Å². The minimum absolute atomic E-state index is 0.237. The first-order chi connectivity index (χ1) is 9.20. The summed E-state index contributed by atoms with van der Waals surface area (Å²) in [6, 6.07) is 6.57. The van der Waals surface area contributed by atoms with Gasteiger partial charge in [-0.3, -0.25) is 0 Å². The van der Waals surface area contributed by atoms with Crippen LogP contribution in [0, 0.1) is 5.82 Å². The second kappa shape index (κ2) is 4.98. The smallest absolute Gasteiger partial charge is 0.232 e. The molecule has 1 atom stereocenters. The van der Waals surface area contributed by atoms with Gasteiger partial charge in [0.05, 0.1) is 5.54 Å². The van der Waals surface area contributed by atoms with Crippen molar-refractivity contribution in [3.05, 3.63) is 47.4 Å². The summed E-state index contributed by atoms with van der Waals surface area (Å²) in [5.74, 6) is 0.645. The molecular formula is C15H20FN3O. The summed E-state index contributed by atoms with van der Waals surface area (Å²) in [4.78, 5) is 4.35. The molecule has 2 N–H and O–H groups in total. The molecule has 2 aromatic rings. The van der Waals surface area contributed by atoms with Gasteiger partial charge >= 0.3 is 0 Å². The van der Waals surface area contributed by atoms with Crippen LogP contribution in [0.15, 0.2) is 28.8 Å². The Kier molecular flexibility index (Phi) is 3.65. The molecule has 20 heavy (non-hydrogen) atoms. The van der Waals surface area contributed by atoms with E-state index in [1.165, 1.54) is 6.07 Å².